The summed E-state index contributed by atoms with van der Waals surface area (Å²) in [5.74, 6) is 0. The van der Waals surface area contributed by atoms with Crippen LogP contribution in [0.3, 0.4) is 0 Å². The fourth-order valence-corrected chi connectivity index (χ4v) is 1.42. The Morgan fingerprint density at radius 2 is 2.00 bits per heavy atom. The summed E-state index contributed by atoms with van der Waals surface area (Å²) in [6.45, 7) is 0.564. The minimum atomic E-state index is -0.154. The molecule has 0 bridgehead atoms. The molecule has 0 radical (unpaired) electrons. The second kappa shape index (κ2) is 5.54. The number of thioether (sulfide) groups is 1. The van der Waals surface area contributed by atoms with Gasteiger partial charge in [0.2, 0.25) is 0 Å². The number of hydrogen-bond acceptors (Lipinski definition) is 2. The molecule has 2 N–H and O–H groups in total. The molecule has 0 aliphatic rings. The van der Waals surface area contributed by atoms with Gasteiger partial charge in [-0.2, -0.15) is 0 Å². The van der Waals surface area contributed by atoms with Gasteiger partial charge in [0, 0.05) is 18.5 Å². The van der Waals surface area contributed by atoms with Gasteiger partial charge in [0.15, 0.2) is 0 Å². The van der Waals surface area contributed by atoms with E-state index >= 15 is 0 Å². The Bertz CT molecular complexity index is 297. The lowest BCUT2D eigenvalue weighted by Crippen LogP contribution is -2.32. The highest BCUT2D eigenvalue weighted by Crippen LogP contribution is 2.14. The molecule has 0 aromatic heterocycles. The Morgan fingerprint density at radius 1 is 1.36 bits per heavy atom. The van der Waals surface area contributed by atoms with Gasteiger partial charge in [0.25, 0.3) is 0 Å². The molecule has 0 heterocycles. The number of hydrogen-bond donors (Lipinski definition) is 2. The number of rotatable bonds is 3. The lowest BCUT2D eigenvalue weighted by Gasteiger charge is -2.04. The molecule has 3 nitrogen and oxygen atoms in total. The summed E-state index contributed by atoms with van der Waals surface area (Å²) in [5.41, 5.74) is 1.10. The van der Waals surface area contributed by atoms with Crippen molar-refractivity contribution in [1.29, 1.82) is 0 Å². The van der Waals surface area contributed by atoms with E-state index in [9.17, 15) is 4.79 Å². The van der Waals surface area contributed by atoms with E-state index in [1.54, 1.807) is 18.8 Å². The number of carbonyl (C=O) groups excluding carboxylic acids is 1. The van der Waals surface area contributed by atoms with Gasteiger partial charge < -0.3 is 10.6 Å². The highest BCUT2D eigenvalue weighted by atomic mass is 32.2. The number of carbonyl (C=O) groups is 1. The van der Waals surface area contributed by atoms with Crippen molar-refractivity contribution in [2.24, 2.45) is 0 Å². The third-order valence-electron chi connectivity index (χ3n) is 1.84. The van der Waals surface area contributed by atoms with E-state index in [0.717, 1.165) is 5.56 Å². The van der Waals surface area contributed by atoms with Crippen LogP contribution >= 0.6 is 11.8 Å². The fraction of sp³-hybridized carbons (Fsp3) is 0.300. The van der Waals surface area contributed by atoms with Gasteiger partial charge in [-0.3, -0.25) is 0 Å². The highest BCUT2D eigenvalue weighted by Gasteiger charge is 1.96. The van der Waals surface area contributed by atoms with Crippen LogP contribution < -0.4 is 10.6 Å². The molecule has 0 spiro atoms. The van der Waals surface area contributed by atoms with Crippen LogP contribution in [0.25, 0.3) is 0 Å². The second-order valence-corrected chi connectivity index (χ2v) is 3.66. The predicted molar refractivity (Wildman–Crippen MR) is 59.5 cm³/mol. The minimum absolute atomic E-state index is 0.154. The first-order valence-electron chi connectivity index (χ1n) is 4.34. The molecule has 2 amide bonds. The average Bonchev–Trinajstić information content (AvgIpc) is 2.26. The summed E-state index contributed by atoms with van der Waals surface area (Å²) in [5, 5.41) is 5.23. The molecule has 0 unspecified atom stereocenters. The molecular weight excluding hydrogens is 196 g/mol. The van der Waals surface area contributed by atoms with Gasteiger partial charge >= 0.3 is 6.03 Å². The molecule has 1 aromatic carbocycles. The lowest BCUT2D eigenvalue weighted by molar-refractivity contribution is 0.242. The van der Waals surface area contributed by atoms with Gasteiger partial charge in [0.1, 0.15) is 0 Å². The first-order chi connectivity index (χ1) is 6.76. The van der Waals surface area contributed by atoms with Crippen LogP contribution in [0, 0.1) is 0 Å². The maximum atomic E-state index is 10.9. The van der Waals surface area contributed by atoms with Crippen molar-refractivity contribution in [3.63, 3.8) is 0 Å². The molecule has 0 saturated heterocycles. The van der Waals surface area contributed by atoms with E-state index in [1.807, 2.05) is 30.5 Å². The summed E-state index contributed by atoms with van der Waals surface area (Å²) in [6, 6.07) is 7.97. The van der Waals surface area contributed by atoms with Crippen LogP contribution in [0.2, 0.25) is 0 Å². The SMILES string of the molecule is CNC(=O)NCc1ccc(SC)cc1. The zero-order valence-electron chi connectivity index (χ0n) is 8.33. The van der Waals surface area contributed by atoms with Crippen LogP contribution in [-0.4, -0.2) is 19.3 Å². The zero-order valence-corrected chi connectivity index (χ0v) is 9.15. The molecule has 0 fully saturated rings. The average molecular weight is 210 g/mol. The molecule has 0 aliphatic carbocycles. The number of nitrogens with one attached hydrogen (secondary N) is 2. The molecule has 0 aliphatic heterocycles. The van der Waals surface area contributed by atoms with E-state index in [0.29, 0.717) is 6.54 Å². The van der Waals surface area contributed by atoms with Crippen LogP contribution in [0.4, 0.5) is 4.79 Å². The van der Waals surface area contributed by atoms with E-state index in [4.69, 9.17) is 0 Å². The summed E-state index contributed by atoms with van der Waals surface area (Å²) in [6.07, 6.45) is 2.04. The maximum Gasteiger partial charge on any atom is 0.314 e. The van der Waals surface area contributed by atoms with Crippen molar-refractivity contribution < 1.29 is 4.79 Å². The molecule has 0 atom stereocenters. The van der Waals surface area contributed by atoms with Gasteiger partial charge in [-0.1, -0.05) is 12.1 Å². The van der Waals surface area contributed by atoms with E-state index in [1.165, 1.54) is 4.90 Å². The molecule has 0 saturated carbocycles. The summed E-state index contributed by atoms with van der Waals surface area (Å²) >= 11 is 1.71. The van der Waals surface area contributed by atoms with Crippen LogP contribution in [-0.2, 0) is 6.54 Å². The van der Waals surface area contributed by atoms with Gasteiger partial charge in [-0.25, -0.2) is 4.79 Å². The maximum absolute atomic E-state index is 10.9. The fourth-order valence-electron chi connectivity index (χ4n) is 1.01. The Morgan fingerprint density at radius 3 is 2.50 bits per heavy atom. The van der Waals surface area contributed by atoms with Crippen molar-refractivity contribution in [1.82, 2.24) is 10.6 Å². The Hall–Kier alpha value is -1.16. The van der Waals surface area contributed by atoms with E-state index in [-0.39, 0.29) is 6.03 Å². The highest BCUT2D eigenvalue weighted by molar-refractivity contribution is 7.98. The smallest absolute Gasteiger partial charge is 0.314 e. The van der Waals surface area contributed by atoms with Crippen molar-refractivity contribution in [3.05, 3.63) is 29.8 Å². The van der Waals surface area contributed by atoms with Crippen molar-refractivity contribution in [2.45, 2.75) is 11.4 Å². The predicted octanol–water partition coefficient (Wildman–Crippen LogP) is 1.84. The number of urea groups is 1. The summed E-state index contributed by atoms with van der Waals surface area (Å²) in [7, 11) is 1.60. The van der Waals surface area contributed by atoms with Crippen LogP contribution in [0.5, 0.6) is 0 Å². The van der Waals surface area contributed by atoms with Crippen molar-refractivity contribution >= 4 is 17.8 Å². The van der Waals surface area contributed by atoms with Crippen molar-refractivity contribution in [2.75, 3.05) is 13.3 Å². The molecule has 4 heteroatoms. The van der Waals surface area contributed by atoms with Crippen LogP contribution in [0.1, 0.15) is 5.56 Å². The molecular formula is C10H14N2OS. The third-order valence-corrected chi connectivity index (χ3v) is 2.58. The Labute approximate surface area is 88.3 Å². The quantitative estimate of drug-likeness (QED) is 0.747. The Balaban J connectivity index is 2.47. The van der Waals surface area contributed by atoms with Gasteiger partial charge in [-0.05, 0) is 24.0 Å². The molecule has 1 aromatic rings. The van der Waals surface area contributed by atoms with E-state index in [2.05, 4.69) is 10.6 Å². The largest absolute Gasteiger partial charge is 0.341 e. The lowest BCUT2D eigenvalue weighted by atomic mass is 10.2. The van der Waals surface area contributed by atoms with Gasteiger partial charge in [0.05, 0.1) is 0 Å². The number of benzene rings is 1. The topological polar surface area (TPSA) is 41.1 Å². The normalized spacial score (nSPS) is 9.57. The molecule has 1 rings (SSSR count). The standard InChI is InChI=1S/C10H14N2OS/c1-11-10(13)12-7-8-3-5-9(14-2)6-4-8/h3-6H,7H2,1-2H3,(H2,11,12,13). The third kappa shape index (κ3) is 3.30. The first kappa shape index (κ1) is 10.9. The summed E-state index contributed by atoms with van der Waals surface area (Å²) in [4.78, 5) is 12.1. The first-order valence-corrected chi connectivity index (χ1v) is 5.57. The molecule has 14 heavy (non-hydrogen) atoms. The molecule has 76 valence electrons. The van der Waals surface area contributed by atoms with E-state index < -0.39 is 0 Å². The second-order valence-electron chi connectivity index (χ2n) is 2.78. The monoisotopic (exact) mass is 210 g/mol. The van der Waals surface area contributed by atoms with Gasteiger partial charge in [-0.15, -0.1) is 11.8 Å². The zero-order chi connectivity index (χ0) is 10.4. The Kier molecular flexibility index (Phi) is 4.32. The number of amides is 2. The minimum Gasteiger partial charge on any atom is -0.341 e. The summed E-state index contributed by atoms with van der Waals surface area (Å²) < 4.78 is 0. The van der Waals surface area contributed by atoms with Crippen LogP contribution in [0.15, 0.2) is 29.2 Å². The van der Waals surface area contributed by atoms with Crippen molar-refractivity contribution in [3.8, 4) is 0 Å².